The number of hydrazone groups is 1. The lowest BCUT2D eigenvalue weighted by Crippen LogP contribution is -2.51. The summed E-state index contributed by atoms with van der Waals surface area (Å²) in [4.78, 5) is 32.0. The second-order valence-corrected chi connectivity index (χ2v) is 11.1. The molecule has 2 atom stereocenters. The summed E-state index contributed by atoms with van der Waals surface area (Å²) in [6, 6.07) is 8.41. The first-order valence-electron chi connectivity index (χ1n) is 12.0. The lowest BCUT2D eigenvalue weighted by molar-refractivity contribution is -0.135. The molecular formula is C25H31N5O2S2. The standard InChI is InChI=1S/C25H31N5O2S2/c1-26-22(31)16-28-9-11-29(12-10-28)17-23(32)30-25(21-8-4-14-34-21)20-7-2-5-18(24(20)27-30)15-19-6-3-13-33-19/h3-4,6,8,13-15,20,25H,2,5,7,9-12,16-17H2,1H3,(H,26,31)/b18-15-. The van der Waals surface area contributed by atoms with Crippen LogP contribution in [0.4, 0.5) is 0 Å². The summed E-state index contributed by atoms with van der Waals surface area (Å²) in [5.74, 6) is 0.354. The van der Waals surface area contributed by atoms with E-state index in [1.165, 1.54) is 15.3 Å². The zero-order valence-corrected chi connectivity index (χ0v) is 21.1. The van der Waals surface area contributed by atoms with E-state index < -0.39 is 0 Å². The fourth-order valence-corrected chi connectivity index (χ4v) is 6.70. The van der Waals surface area contributed by atoms with Crippen LogP contribution in [0.2, 0.25) is 0 Å². The first-order valence-corrected chi connectivity index (χ1v) is 13.7. The van der Waals surface area contributed by atoms with Gasteiger partial charge in [0.05, 0.1) is 24.8 Å². The zero-order valence-electron chi connectivity index (χ0n) is 19.5. The lowest BCUT2D eigenvalue weighted by Gasteiger charge is -2.35. The molecule has 5 rings (SSSR count). The molecule has 0 aromatic carbocycles. The van der Waals surface area contributed by atoms with Crippen molar-refractivity contribution in [1.82, 2.24) is 20.1 Å². The number of rotatable bonds is 6. The molecular weight excluding hydrogens is 466 g/mol. The number of nitrogens with one attached hydrogen (secondary N) is 1. The van der Waals surface area contributed by atoms with E-state index in [9.17, 15) is 9.59 Å². The third-order valence-corrected chi connectivity index (χ3v) is 8.68. The molecule has 2 amide bonds. The maximum absolute atomic E-state index is 13.6. The molecule has 1 saturated heterocycles. The van der Waals surface area contributed by atoms with E-state index in [1.807, 2.05) is 0 Å². The number of piperazine rings is 1. The van der Waals surface area contributed by atoms with Gasteiger partial charge in [-0.05, 0) is 53.8 Å². The van der Waals surface area contributed by atoms with E-state index in [1.54, 1.807) is 34.7 Å². The topological polar surface area (TPSA) is 68.2 Å². The van der Waals surface area contributed by atoms with Crippen molar-refractivity contribution in [2.24, 2.45) is 11.0 Å². The molecule has 2 unspecified atom stereocenters. The van der Waals surface area contributed by atoms with Gasteiger partial charge in [-0.25, -0.2) is 5.01 Å². The fourth-order valence-electron chi connectivity index (χ4n) is 5.14. The molecule has 0 spiro atoms. The summed E-state index contributed by atoms with van der Waals surface area (Å²) in [5, 5.41) is 13.7. The smallest absolute Gasteiger partial charge is 0.257 e. The van der Waals surface area contributed by atoms with Crippen molar-refractivity contribution in [3.8, 4) is 0 Å². The Kier molecular flexibility index (Phi) is 7.24. The third-order valence-electron chi connectivity index (χ3n) is 6.92. The van der Waals surface area contributed by atoms with Gasteiger partial charge in [-0.1, -0.05) is 12.1 Å². The Morgan fingerprint density at radius 2 is 1.82 bits per heavy atom. The molecule has 1 N–H and O–H groups in total. The Hall–Kier alpha value is -2.33. The Morgan fingerprint density at radius 3 is 2.50 bits per heavy atom. The Morgan fingerprint density at radius 1 is 1.09 bits per heavy atom. The minimum Gasteiger partial charge on any atom is -0.358 e. The van der Waals surface area contributed by atoms with E-state index >= 15 is 0 Å². The molecule has 1 saturated carbocycles. The van der Waals surface area contributed by atoms with Crippen LogP contribution in [-0.2, 0) is 9.59 Å². The molecule has 2 aromatic heterocycles. The molecule has 2 aliphatic heterocycles. The number of hydrogen-bond donors (Lipinski definition) is 1. The van der Waals surface area contributed by atoms with E-state index in [-0.39, 0.29) is 23.8 Å². The highest BCUT2D eigenvalue weighted by molar-refractivity contribution is 7.11. The van der Waals surface area contributed by atoms with Gasteiger partial charge in [0.2, 0.25) is 5.91 Å². The lowest BCUT2D eigenvalue weighted by atomic mass is 9.79. The van der Waals surface area contributed by atoms with Crippen molar-refractivity contribution in [3.05, 3.63) is 50.4 Å². The quantitative estimate of drug-likeness (QED) is 0.665. The maximum Gasteiger partial charge on any atom is 0.257 e. The monoisotopic (exact) mass is 497 g/mol. The minimum absolute atomic E-state index is 0.0101. The SMILES string of the molecule is CNC(=O)CN1CCN(CC(=O)N2N=C3/C(=C\c4cccs4)CCCC3C2c2cccs2)CC1. The van der Waals surface area contributed by atoms with Crippen LogP contribution in [0.5, 0.6) is 0 Å². The van der Waals surface area contributed by atoms with Crippen LogP contribution in [0.15, 0.2) is 45.7 Å². The van der Waals surface area contributed by atoms with Gasteiger partial charge in [0.25, 0.3) is 5.91 Å². The minimum atomic E-state index is -0.0101. The Balaban J connectivity index is 1.32. The highest BCUT2D eigenvalue weighted by atomic mass is 32.1. The highest BCUT2D eigenvalue weighted by Crippen LogP contribution is 2.45. The van der Waals surface area contributed by atoms with Gasteiger partial charge < -0.3 is 5.32 Å². The molecule has 34 heavy (non-hydrogen) atoms. The van der Waals surface area contributed by atoms with Crippen molar-refractivity contribution in [3.63, 3.8) is 0 Å². The predicted octanol–water partition coefficient (Wildman–Crippen LogP) is 3.30. The van der Waals surface area contributed by atoms with Crippen molar-refractivity contribution in [2.45, 2.75) is 25.3 Å². The molecule has 0 radical (unpaired) electrons. The number of allylic oxidation sites excluding steroid dienone is 1. The normalized spacial score (nSPS) is 24.8. The number of likely N-dealkylation sites (N-methyl/N-ethyl adjacent to an activating group) is 1. The molecule has 1 aliphatic carbocycles. The summed E-state index contributed by atoms with van der Waals surface area (Å²) in [6.07, 6.45) is 5.46. The number of nitrogens with zero attached hydrogens (tertiary/aromatic N) is 4. The molecule has 9 heteroatoms. The Labute approximate surface area is 208 Å². The number of hydrogen-bond acceptors (Lipinski definition) is 7. The largest absolute Gasteiger partial charge is 0.358 e. The first-order chi connectivity index (χ1) is 16.6. The van der Waals surface area contributed by atoms with Crippen molar-refractivity contribution < 1.29 is 9.59 Å². The van der Waals surface area contributed by atoms with Crippen LogP contribution in [0.1, 0.15) is 35.1 Å². The van der Waals surface area contributed by atoms with Crippen LogP contribution in [0, 0.1) is 5.92 Å². The number of amides is 2. The van der Waals surface area contributed by atoms with E-state index in [0.29, 0.717) is 13.1 Å². The second kappa shape index (κ2) is 10.5. The summed E-state index contributed by atoms with van der Waals surface area (Å²) in [5.41, 5.74) is 2.38. The van der Waals surface area contributed by atoms with Gasteiger partial charge in [0.15, 0.2) is 0 Å². The molecule has 3 aliphatic rings. The van der Waals surface area contributed by atoms with Crippen LogP contribution in [0.3, 0.4) is 0 Å². The zero-order chi connectivity index (χ0) is 23.5. The second-order valence-electron chi connectivity index (χ2n) is 9.09. The molecule has 2 aromatic rings. The molecule has 2 fully saturated rings. The van der Waals surface area contributed by atoms with Crippen LogP contribution < -0.4 is 5.32 Å². The summed E-state index contributed by atoms with van der Waals surface area (Å²) in [6.45, 7) is 3.93. The summed E-state index contributed by atoms with van der Waals surface area (Å²) in [7, 11) is 1.66. The number of thiophene rings is 2. The van der Waals surface area contributed by atoms with Crippen LogP contribution in [0.25, 0.3) is 6.08 Å². The van der Waals surface area contributed by atoms with Crippen molar-refractivity contribution in [2.75, 3.05) is 46.3 Å². The number of fused-ring (bicyclic) bond motifs is 1. The van der Waals surface area contributed by atoms with E-state index in [2.05, 4.69) is 56.2 Å². The van der Waals surface area contributed by atoms with Crippen LogP contribution >= 0.6 is 22.7 Å². The molecule has 0 bridgehead atoms. The van der Waals surface area contributed by atoms with Gasteiger partial charge in [-0.3, -0.25) is 19.4 Å². The highest BCUT2D eigenvalue weighted by Gasteiger charge is 2.44. The van der Waals surface area contributed by atoms with Gasteiger partial charge in [-0.2, -0.15) is 5.10 Å². The molecule has 7 nitrogen and oxygen atoms in total. The average molecular weight is 498 g/mol. The van der Waals surface area contributed by atoms with Crippen LogP contribution in [-0.4, -0.2) is 78.7 Å². The van der Waals surface area contributed by atoms with E-state index in [4.69, 9.17) is 5.10 Å². The Bertz CT molecular complexity index is 1060. The van der Waals surface area contributed by atoms with E-state index in [0.717, 1.165) is 51.2 Å². The van der Waals surface area contributed by atoms with Gasteiger partial charge in [0.1, 0.15) is 0 Å². The maximum atomic E-state index is 13.6. The summed E-state index contributed by atoms with van der Waals surface area (Å²) < 4.78 is 0. The first kappa shape index (κ1) is 23.4. The predicted molar refractivity (Wildman–Crippen MR) is 138 cm³/mol. The van der Waals surface area contributed by atoms with Gasteiger partial charge >= 0.3 is 0 Å². The molecule has 4 heterocycles. The van der Waals surface area contributed by atoms with Gasteiger partial charge in [0, 0.05) is 48.9 Å². The fraction of sp³-hybridized carbons (Fsp3) is 0.480. The molecule has 180 valence electrons. The number of carbonyl (C=O) groups is 2. The summed E-state index contributed by atoms with van der Waals surface area (Å²) >= 11 is 3.45. The number of carbonyl (C=O) groups excluding carboxylic acids is 2. The van der Waals surface area contributed by atoms with Crippen molar-refractivity contribution >= 4 is 46.3 Å². The van der Waals surface area contributed by atoms with Gasteiger partial charge in [-0.15, -0.1) is 22.7 Å². The van der Waals surface area contributed by atoms with Crippen molar-refractivity contribution in [1.29, 1.82) is 0 Å². The average Bonchev–Trinajstić information content (AvgIpc) is 3.61. The third kappa shape index (κ3) is 5.02.